The van der Waals surface area contributed by atoms with Crippen molar-refractivity contribution in [2.45, 2.75) is 95.9 Å². The van der Waals surface area contributed by atoms with Crippen molar-refractivity contribution in [2.24, 2.45) is 0 Å². The first-order valence-corrected chi connectivity index (χ1v) is 15.8. The Morgan fingerprint density at radius 2 is 1.07 bits per heavy atom. The molecule has 1 atom stereocenters. The lowest BCUT2D eigenvalue weighted by atomic mass is 10.0. The van der Waals surface area contributed by atoms with Gasteiger partial charge in [-0.15, -0.1) is 0 Å². The molecule has 0 rings (SSSR count). The molecule has 5 N–H and O–H groups in total. The molecule has 0 saturated carbocycles. The second-order valence-electron chi connectivity index (χ2n) is 10.4. The molecule has 256 valence electrons. The predicted molar refractivity (Wildman–Crippen MR) is 162 cm³/mol. The van der Waals surface area contributed by atoms with Crippen LogP contribution >= 0.6 is 0 Å². The fourth-order valence-corrected chi connectivity index (χ4v) is 4.07. The Labute approximate surface area is 261 Å². The van der Waals surface area contributed by atoms with E-state index in [1.165, 1.54) is 0 Å². The van der Waals surface area contributed by atoms with Crippen LogP contribution in [-0.2, 0) is 42.9 Å². The van der Waals surface area contributed by atoms with E-state index in [1.54, 1.807) is 7.11 Å². The number of nitrogens with one attached hydrogen (secondary N) is 3. The maximum Gasteiger partial charge on any atom is 0.326 e. The van der Waals surface area contributed by atoms with E-state index in [1.807, 2.05) is 0 Å². The molecule has 14 nitrogen and oxygen atoms in total. The van der Waals surface area contributed by atoms with E-state index in [-0.39, 0.29) is 76.4 Å². The van der Waals surface area contributed by atoms with E-state index in [0.717, 1.165) is 57.8 Å². The number of methoxy groups -OCH3 is 1. The number of unbranched alkanes of at least 4 members (excludes halogenated alkanes) is 9. The Morgan fingerprint density at radius 1 is 0.568 bits per heavy atom. The van der Waals surface area contributed by atoms with Gasteiger partial charge in [0.05, 0.1) is 39.6 Å². The maximum absolute atomic E-state index is 12.2. The molecule has 0 spiro atoms. The quantitative estimate of drug-likeness (QED) is 0.0679. The SMILES string of the molecule is COCCOCCNC(=O)COCCOCCNC(=O)CC[C@H](NC(=O)CCCCCCCCCCCCC(=O)O)C(=O)O. The summed E-state index contributed by atoms with van der Waals surface area (Å²) in [7, 11) is 1.58. The zero-order valence-electron chi connectivity index (χ0n) is 26.4. The average molecular weight is 634 g/mol. The van der Waals surface area contributed by atoms with Crippen molar-refractivity contribution in [1.82, 2.24) is 16.0 Å². The monoisotopic (exact) mass is 633 g/mol. The van der Waals surface area contributed by atoms with Crippen LogP contribution in [0.3, 0.4) is 0 Å². The Balaban J connectivity index is 3.72. The number of aliphatic carboxylic acids is 2. The van der Waals surface area contributed by atoms with E-state index in [0.29, 0.717) is 32.8 Å². The molecule has 0 aromatic carbocycles. The normalized spacial score (nSPS) is 11.6. The molecule has 0 bridgehead atoms. The van der Waals surface area contributed by atoms with E-state index in [9.17, 15) is 29.1 Å². The third-order valence-corrected chi connectivity index (χ3v) is 6.51. The lowest BCUT2D eigenvalue weighted by molar-refractivity contribution is -0.142. The van der Waals surface area contributed by atoms with Gasteiger partial charge in [0.1, 0.15) is 12.6 Å². The molecule has 0 aliphatic heterocycles. The fourth-order valence-electron chi connectivity index (χ4n) is 4.07. The van der Waals surface area contributed by atoms with Gasteiger partial charge >= 0.3 is 11.9 Å². The largest absolute Gasteiger partial charge is 0.481 e. The van der Waals surface area contributed by atoms with Gasteiger partial charge in [0.15, 0.2) is 0 Å². The minimum absolute atomic E-state index is 0.0146. The molecule has 0 unspecified atom stereocenters. The molecule has 0 aliphatic carbocycles. The third-order valence-electron chi connectivity index (χ3n) is 6.51. The van der Waals surface area contributed by atoms with Crippen LogP contribution < -0.4 is 16.0 Å². The number of carboxylic acid groups (broad SMARTS) is 2. The molecule has 0 aromatic rings. The van der Waals surface area contributed by atoms with Crippen molar-refractivity contribution in [3.8, 4) is 0 Å². The molecule has 0 aliphatic rings. The third kappa shape index (κ3) is 29.3. The summed E-state index contributed by atoms with van der Waals surface area (Å²) in [5, 5.41) is 25.8. The van der Waals surface area contributed by atoms with E-state index in [4.69, 9.17) is 24.1 Å². The second-order valence-corrected chi connectivity index (χ2v) is 10.4. The van der Waals surface area contributed by atoms with Crippen molar-refractivity contribution in [2.75, 3.05) is 66.4 Å². The number of amides is 3. The molecule has 0 saturated heterocycles. The van der Waals surface area contributed by atoms with Gasteiger partial charge < -0.3 is 45.1 Å². The van der Waals surface area contributed by atoms with Crippen molar-refractivity contribution >= 4 is 29.7 Å². The van der Waals surface area contributed by atoms with Crippen LogP contribution in [-0.4, -0.2) is 112 Å². The Bertz CT molecular complexity index is 783. The number of carbonyl (C=O) groups is 5. The molecule has 14 heteroatoms. The smallest absolute Gasteiger partial charge is 0.326 e. The van der Waals surface area contributed by atoms with Crippen LogP contribution in [0.4, 0.5) is 0 Å². The predicted octanol–water partition coefficient (Wildman–Crippen LogP) is 2.03. The number of ether oxygens (including phenoxy) is 4. The van der Waals surface area contributed by atoms with Crippen LogP contribution in [0, 0.1) is 0 Å². The standard InChI is InChI=1S/C30H55N3O11/c1-41-20-21-42-19-17-32-28(36)24-44-23-22-43-18-16-31-26(34)15-14-25(30(39)40)33-27(35)12-10-8-6-4-2-3-5-7-9-11-13-29(37)38/h25H,2-24H2,1H3,(H,31,34)(H,32,36)(H,33,35)(H,37,38)(H,39,40)/t25-/m0/s1. The molecular weight excluding hydrogens is 578 g/mol. The van der Waals surface area contributed by atoms with E-state index < -0.39 is 18.0 Å². The molecular formula is C30H55N3O11. The average Bonchev–Trinajstić information content (AvgIpc) is 2.98. The second kappa shape index (κ2) is 30.2. The van der Waals surface area contributed by atoms with E-state index >= 15 is 0 Å². The molecule has 44 heavy (non-hydrogen) atoms. The van der Waals surface area contributed by atoms with E-state index in [2.05, 4.69) is 16.0 Å². The molecule has 0 aromatic heterocycles. The topological polar surface area (TPSA) is 199 Å². The zero-order valence-corrected chi connectivity index (χ0v) is 26.4. The summed E-state index contributed by atoms with van der Waals surface area (Å²) in [5.74, 6) is -2.85. The summed E-state index contributed by atoms with van der Waals surface area (Å²) in [4.78, 5) is 57.9. The van der Waals surface area contributed by atoms with Crippen molar-refractivity contribution in [3.63, 3.8) is 0 Å². The number of carboxylic acids is 2. The summed E-state index contributed by atoms with van der Waals surface area (Å²) < 4.78 is 20.6. The highest BCUT2D eigenvalue weighted by Gasteiger charge is 2.20. The van der Waals surface area contributed by atoms with Crippen molar-refractivity contribution in [1.29, 1.82) is 0 Å². The molecule has 0 heterocycles. The van der Waals surface area contributed by atoms with Gasteiger partial charge in [-0.2, -0.15) is 0 Å². The number of rotatable bonds is 32. The highest BCUT2D eigenvalue weighted by molar-refractivity contribution is 5.84. The van der Waals surface area contributed by atoms with Crippen LogP contribution in [0.1, 0.15) is 89.9 Å². The van der Waals surface area contributed by atoms with Crippen LogP contribution in [0.25, 0.3) is 0 Å². The lowest BCUT2D eigenvalue weighted by Crippen LogP contribution is -2.41. The molecule has 0 radical (unpaired) electrons. The number of hydrogen-bond acceptors (Lipinski definition) is 9. The van der Waals surface area contributed by atoms with Gasteiger partial charge in [-0.25, -0.2) is 4.79 Å². The highest BCUT2D eigenvalue weighted by atomic mass is 16.5. The number of carbonyl (C=O) groups excluding carboxylic acids is 3. The summed E-state index contributed by atoms with van der Waals surface area (Å²) in [6.45, 7) is 2.56. The van der Waals surface area contributed by atoms with Crippen LogP contribution in [0.2, 0.25) is 0 Å². The van der Waals surface area contributed by atoms with Gasteiger partial charge in [-0.1, -0.05) is 51.4 Å². The van der Waals surface area contributed by atoms with Gasteiger partial charge in [-0.05, 0) is 19.3 Å². The first-order valence-electron chi connectivity index (χ1n) is 15.8. The maximum atomic E-state index is 12.2. The minimum Gasteiger partial charge on any atom is -0.481 e. The summed E-state index contributed by atoms with van der Waals surface area (Å²) in [5.41, 5.74) is 0. The Morgan fingerprint density at radius 3 is 1.61 bits per heavy atom. The molecule has 3 amide bonds. The van der Waals surface area contributed by atoms with Crippen LogP contribution in [0.5, 0.6) is 0 Å². The van der Waals surface area contributed by atoms with Gasteiger partial charge in [0.2, 0.25) is 17.7 Å². The van der Waals surface area contributed by atoms with Gasteiger partial charge in [0, 0.05) is 39.5 Å². The first kappa shape index (κ1) is 41.2. The summed E-state index contributed by atoms with van der Waals surface area (Å²) >= 11 is 0. The van der Waals surface area contributed by atoms with Crippen molar-refractivity contribution in [3.05, 3.63) is 0 Å². The lowest BCUT2D eigenvalue weighted by Gasteiger charge is -2.14. The Kier molecular flexibility index (Phi) is 28.3. The first-order chi connectivity index (χ1) is 21.3. The van der Waals surface area contributed by atoms with Gasteiger partial charge in [0.25, 0.3) is 0 Å². The van der Waals surface area contributed by atoms with Crippen molar-refractivity contribution < 1.29 is 53.1 Å². The number of hydrogen-bond donors (Lipinski definition) is 5. The summed E-state index contributed by atoms with van der Waals surface area (Å²) in [6.07, 6.45) is 10.2. The zero-order chi connectivity index (χ0) is 32.7. The fraction of sp³-hybridized carbons (Fsp3) is 0.833. The highest BCUT2D eigenvalue weighted by Crippen LogP contribution is 2.12. The Hall–Kier alpha value is -2.81. The van der Waals surface area contributed by atoms with Gasteiger partial charge in [-0.3, -0.25) is 19.2 Å². The summed E-state index contributed by atoms with van der Waals surface area (Å²) in [6, 6.07) is -1.13. The molecule has 0 fully saturated rings. The minimum atomic E-state index is -1.18. The van der Waals surface area contributed by atoms with Crippen LogP contribution in [0.15, 0.2) is 0 Å².